The zero-order valence-corrected chi connectivity index (χ0v) is 8.99. The van der Waals surface area contributed by atoms with Gasteiger partial charge in [0.2, 0.25) is 0 Å². The minimum atomic E-state index is -0.323. The number of carbonyl (C=O) groups is 2. The molecule has 0 saturated carbocycles. The third-order valence-corrected chi connectivity index (χ3v) is 2.51. The van der Waals surface area contributed by atoms with Crippen LogP contribution in [-0.4, -0.2) is 11.9 Å². The number of carbonyl (C=O) groups excluding carboxylic acids is 2. The van der Waals surface area contributed by atoms with Crippen molar-refractivity contribution in [1.82, 2.24) is 0 Å². The standard InChI is InChI=1S/C12H12O4/c1-8(13)15-6-9-3-2-4-10-7-16-12(14)5-11(9)10/h2-4H,5-7H2,1H3. The van der Waals surface area contributed by atoms with Gasteiger partial charge in [-0.1, -0.05) is 18.2 Å². The molecule has 1 aliphatic heterocycles. The Morgan fingerprint density at radius 2 is 2.31 bits per heavy atom. The smallest absolute Gasteiger partial charge is 0.310 e. The zero-order chi connectivity index (χ0) is 11.5. The molecule has 0 aromatic heterocycles. The summed E-state index contributed by atoms with van der Waals surface area (Å²) in [5, 5.41) is 0. The lowest BCUT2D eigenvalue weighted by Crippen LogP contribution is -2.18. The van der Waals surface area contributed by atoms with Gasteiger partial charge in [-0.2, -0.15) is 0 Å². The van der Waals surface area contributed by atoms with E-state index in [-0.39, 0.29) is 25.0 Å². The number of esters is 2. The van der Waals surface area contributed by atoms with Crippen LogP contribution in [0.5, 0.6) is 0 Å². The van der Waals surface area contributed by atoms with Crippen molar-refractivity contribution in [3.63, 3.8) is 0 Å². The second kappa shape index (κ2) is 4.35. The Morgan fingerprint density at radius 1 is 1.50 bits per heavy atom. The summed E-state index contributed by atoms with van der Waals surface area (Å²) in [5.41, 5.74) is 2.80. The summed E-state index contributed by atoms with van der Waals surface area (Å²) >= 11 is 0. The summed E-state index contributed by atoms with van der Waals surface area (Å²) in [4.78, 5) is 21.9. The van der Waals surface area contributed by atoms with E-state index in [0.29, 0.717) is 6.61 Å². The number of benzene rings is 1. The molecule has 16 heavy (non-hydrogen) atoms. The Labute approximate surface area is 93.2 Å². The van der Waals surface area contributed by atoms with Crippen LogP contribution in [0, 0.1) is 0 Å². The van der Waals surface area contributed by atoms with Crippen LogP contribution >= 0.6 is 0 Å². The molecule has 4 nitrogen and oxygen atoms in total. The zero-order valence-electron chi connectivity index (χ0n) is 8.99. The first-order chi connectivity index (χ1) is 7.66. The molecule has 0 radical (unpaired) electrons. The SMILES string of the molecule is CC(=O)OCc1cccc2c1CC(=O)OC2. The first-order valence-electron chi connectivity index (χ1n) is 5.05. The van der Waals surface area contributed by atoms with Crippen molar-refractivity contribution >= 4 is 11.9 Å². The number of cyclic esters (lactones) is 1. The molecule has 0 saturated heterocycles. The lowest BCUT2D eigenvalue weighted by Gasteiger charge is -2.18. The van der Waals surface area contributed by atoms with Crippen molar-refractivity contribution in [1.29, 1.82) is 0 Å². The highest BCUT2D eigenvalue weighted by atomic mass is 16.5. The normalized spacial score (nSPS) is 13.9. The fourth-order valence-corrected chi connectivity index (χ4v) is 1.72. The van der Waals surface area contributed by atoms with Crippen LogP contribution in [0.25, 0.3) is 0 Å². The van der Waals surface area contributed by atoms with Crippen LogP contribution in [-0.2, 0) is 38.7 Å². The van der Waals surface area contributed by atoms with Gasteiger partial charge in [-0.3, -0.25) is 9.59 Å². The minimum absolute atomic E-state index is 0.214. The molecule has 1 heterocycles. The second-order valence-corrected chi connectivity index (χ2v) is 3.67. The number of hydrogen-bond donors (Lipinski definition) is 0. The summed E-state index contributed by atoms with van der Waals surface area (Å²) in [6, 6.07) is 5.65. The van der Waals surface area contributed by atoms with E-state index in [2.05, 4.69) is 0 Å². The molecule has 2 rings (SSSR count). The lowest BCUT2D eigenvalue weighted by atomic mass is 9.97. The molecule has 4 heteroatoms. The number of hydrogen-bond acceptors (Lipinski definition) is 4. The Balaban J connectivity index is 2.24. The van der Waals surface area contributed by atoms with Gasteiger partial charge >= 0.3 is 11.9 Å². The molecule has 0 amide bonds. The van der Waals surface area contributed by atoms with Crippen LogP contribution in [0.3, 0.4) is 0 Å². The Morgan fingerprint density at radius 3 is 3.06 bits per heavy atom. The molecule has 0 bridgehead atoms. The summed E-state index contributed by atoms with van der Waals surface area (Å²) in [5.74, 6) is -0.557. The molecule has 0 aliphatic carbocycles. The first-order valence-corrected chi connectivity index (χ1v) is 5.05. The van der Waals surface area contributed by atoms with Gasteiger partial charge in [-0.25, -0.2) is 0 Å². The quantitative estimate of drug-likeness (QED) is 0.706. The summed E-state index contributed by atoms with van der Waals surface area (Å²) in [7, 11) is 0. The average molecular weight is 220 g/mol. The molecular formula is C12H12O4. The lowest BCUT2D eigenvalue weighted by molar-refractivity contribution is -0.145. The predicted molar refractivity (Wildman–Crippen MR) is 55.4 cm³/mol. The van der Waals surface area contributed by atoms with Crippen molar-refractivity contribution in [2.24, 2.45) is 0 Å². The summed E-state index contributed by atoms with van der Waals surface area (Å²) < 4.78 is 9.88. The van der Waals surface area contributed by atoms with Crippen molar-refractivity contribution in [2.45, 2.75) is 26.6 Å². The summed E-state index contributed by atoms with van der Waals surface area (Å²) in [6.45, 7) is 1.89. The van der Waals surface area contributed by atoms with E-state index in [1.165, 1.54) is 6.92 Å². The van der Waals surface area contributed by atoms with Crippen molar-refractivity contribution in [3.05, 3.63) is 34.9 Å². The predicted octanol–water partition coefficient (Wildman–Crippen LogP) is 1.35. The average Bonchev–Trinajstić information content (AvgIpc) is 2.26. The van der Waals surface area contributed by atoms with Crippen LogP contribution in [0.2, 0.25) is 0 Å². The minimum Gasteiger partial charge on any atom is -0.461 e. The molecule has 84 valence electrons. The van der Waals surface area contributed by atoms with E-state index < -0.39 is 0 Å². The Bertz CT molecular complexity index is 437. The van der Waals surface area contributed by atoms with Gasteiger partial charge in [0, 0.05) is 6.92 Å². The highest BCUT2D eigenvalue weighted by Crippen LogP contribution is 2.22. The van der Waals surface area contributed by atoms with Gasteiger partial charge < -0.3 is 9.47 Å². The van der Waals surface area contributed by atoms with E-state index >= 15 is 0 Å². The largest absolute Gasteiger partial charge is 0.461 e. The molecule has 1 aromatic rings. The van der Waals surface area contributed by atoms with Gasteiger partial charge in [0.25, 0.3) is 0 Å². The second-order valence-electron chi connectivity index (χ2n) is 3.67. The van der Waals surface area contributed by atoms with Crippen molar-refractivity contribution < 1.29 is 19.1 Å². The van der Waals surface area contributed by atoms with Gasteiger partial charge in [-0.15, -0.1) is 0 Å². The molecule has 0 unspecified atom stereocenters. The fraction of sp³-hybridized carbons (Fsp3) is 0.333. The third-order valence-electron chi connectivity index (χ3n) is 2.51. The molecule has 0 spiro atoms. The molecule has 1 aromatic carbocycles. The van der Waals surface area contributed by atoms with Crippen LogP contribution in [0.1, 0.15) is 23.6 Å². The first kappa shape index (κ1) is 10.7. The fourth-order valence-electron chi connectivity index (χ4n) is 1.72. The molecular weight excluding hydrogens is 208 g/mol. The Kier molecular flexibility index (Phi) is 2.90. The maximum Gasteiger partial charge on any atom is 0.310 e. The monoisotopic (exact) mass is 220 g/mol. The van der Waals surface area contributed by atoms with Crippen LogP contribution < -0.4 is 0 Å². The maximum atomic E-state index is 11.2. The van der Waals surface area contributed by atoms with Crippen molar-refractivity contribution in [2.75, 3.05) is 0 Å². The van der Waals surface area contributed by atoms with Crippen LogP contribution in [0.4, 0.5) is 0 Å². The topological polar surface area (TPSA) is 52.6 Å². The third kappa shape index (κ3) is 2.21. The van der Waals surface area contributed by atoms with E-state index in [0.717, 1.165) is 16.7 Å². The number of rotatable bonds is 2. The Hall–Kier alpha value is -1.84. The van der Waals surface area contributed by atoms with Gasteiger partial charge in [0.05, 0.1) is 6.42 Å². The number of ether oxygens (including phenoxy) is 2. The molecule has 1 aliphatic rings. The van der Waals surface area contributed by atoms with E-state index in [1.54, 1.807) is 0 Å². The molecule has 0 fully saturated rings. The van der Waals surface area contributed by atoms with E-state index in [4.69, 9.17) is 9.47 Å². The van der Waals surface area contributed by atoms with Gasteiger partial charge in [-0.05, 0) is 16.7 Å². The van der Waals surface area contributed by atoms with Crippen LogP contribution in [0.15, 0.2) is 18.2 Å². The maximum absolute atomic E-state index is 11.2. The van der Waals surface area contributed by atoms with Gasteiger partial charge in [0.1, 0.15) is 13.2 Å². The molecule has 0 atom stereocenters. The highest BCUT2D eigenvalue weighted by Gasteiger charge is 2.19. The summed E-state index contributed by atoms with van der Waals surface area (Å²) in [6.07, 6.45) is 0.257. The highest BCUT2D eigenvalue weighted by molar-refractivity contribution is 5.75. The van der Waals surface area contributed by atoms with Gasteiger partial charge in [0.15, 0.2) is 0 Å². The van der Waals surface area contributed by atoms with E-state index in [1.807, 2.05) is 18.2 Å². The van der Waals surface area contributed by atoms with Crippen molar-refractivity contribution in [3.8, 4) is 0 Å². The number of fused-ring (bicyclic) bond motifs is 1. The van der Waals surface area contributed by atoms with E-state index in [9.17, 15) is 9.59 Å². The molecule has 0 N–H and O–H groups in total.